The Labute approximate surface area is 183 Å². The number of aromatic nitrogens is 6. The minimum atomic E-state index is -4.60. The number of rotatable bonds is 5. The van der Waals surface area contributed by atoms with E-state index in [4.69, 9.17) is 25.8 Å². The van der Waals surface area contributed by atoms with Crippen LogP contribution in [0, 0.1) is 6.92 Å². The monoisotopic (exact) mass is 466 g/mol. The third kappa shape index (κ3) is 3.96. The van der Waals surface area contributed by atoms with Crippen molar-refractivity contribution in [3.63, 3.8) is 0 Å². The van der Waals surface area contributed by atoms with Crippen molar-refractivity contribution in [1.29, 1.82) is 0 Å². The number of benzene rings is 1. The van der Waals surface area contributed by atoms with Crippen LogP contribution in [0.15, 0.2) is 30.5 Å². The molecule has 0 saturated heterocycles. The molecule has 0 saturated carbocycles. The van der Waals surface area contributed by atoms with Crippen LogP contribution >= 0.6 is 11.6 Å². The van der Waals surface area contributed by atoms with Crippen LogP contribution in [0.2, 0.25) is 5.28 Å². The summed E-state index contributed by atoms with van der Waals surface area (Å²) in [6.45, 7) is 1.66. The summed E-state index contributed by atoms with van der Waals surface area (Å²) in [6, 6.07) is 4.64. The van der Waals surface area contributed by atoms with Crippen LogP contribution in [0.5, 0.6) is 23.5 Å². The summed E-state index contributed by atoms with van der Waals surface area (Å²) in [5.41, 5.74) is 0.481. The lowest BCUT2D eigenvalue weighted by Gasteiger charge is -2.16. The van der Waals surface area contributed by atoms with E-state index < -0.39 is 11.7 Å². The Hall–Kier alpha value is -3.67. The van der Waals surface area contributed by atoms with Gasteiger partial charge in [0.05, 0.1) is 25.3 Å². The summed E-state index contributed by atoms with van der Waals surface area (Å²) < 4.78 is 57.5. The lowest BCUT2D eigenvalue weighted by molar-refractivity contribution is -0.137. The molecule has 0 unspecified atom stereocenters. The molecule has 0 aliphatic carbocycles. The molecule has 13 heteroatoms. The van der Waals surface area contributed by atoms with Gasteiger partial charge in [-0.15, -0.1) is 15.3 Å². The quantitative estimate of drug-likeness (QED) is 0.428. The van der Waals surface area contributed by atoms with E-state index in [0.29, 0.717) is 11.2 Å². The summed E-state index contributed by atoms with van der Waals surface area (Å²) in [6.07, 6.45) is -3.23. The lowest BCUT2D eigenvalue weighted by Crippen LogP contribution is -2.06. The molecule has 0 radical (unpaired) electrons. The number of methoxy groups -OCH3 is 2. The van der Waals surface area contributed by atoms with Gasteiger partial charge in [-0.1, -0.05) is 0 Å². The molecule has 0 N–H and O–H groups in total. The second kappa shape index (κ2) is 8.11. The second-order valence-corrected chi connectivity index (χ2v) is 6.80. The van der Waals surface area contributed by atoms with Crippen LogP contribution in [0.1, 0.15) is 11.1 Å². The van der Waals surface area contributed by atoms with Gasteiger partial charge in [0, 0.05) is 17.3 Å². The van der Waals surface area contributed by atoms with Crippen molar-refractivity contribution in [2.24, 2.45) is 0 Å². The SMILES string of the molecule is COc1ncc(-c2ccc(C(F)(F)F)cc2Oc2nn3c(Cl)nnc3cc2C)c(OC)n1. The average molecular weight is 467 g/mol. The Kier molecular flexibility index (Phi) is 5.46. The lowest BCUT2D eigenvalue weighted by atomic mass is 10.0. The summed E-state index contributed by atoms with van der Waals surface area (Å²) in [4.78, 5) is 8.10. The molecule has 3 heterocycles. The summed E-state index contributed by atoms with van der Waals surface area (Å²) in [5, 5.41) is 11.7. The van der Waals surface area contributed by atoms with E-state index in [1.165, 1.54) is 31.0 Å². The summed E-state index contributed by atoms with van der Waals surface area (Å²) in [7, 11) is 2.74. The molecule has 4 rings (SSSR count). The number of halogens is 4. The van der Waals surface area contributed by atoms with Crippen molar-refractivity contribution < 1.29 is 27.4 Å². The standard InChI is InChI=1S/C19H14ClF3N6O3/c1-9-6-14-26-27-17(20)29(14)28-15(9)32-13-7-10(19(21,22)23)4-5-11(13)12-8-24-18(31-3)25-16(12)30-2/h4-8H,1-3H3. The number of ether oxygens (including phenoxy) is 3. The number of aryl methyl sites for hydroxylation is 1. The molecular formula is C19H14ClF3N6O3. The van der Waals surface area contributed by atoms with Crippen molar-refractivity contribution in [2.75, 3.05) is 14.2 Å². The van der Waals surface area contributed by atoms with E-state index in [1.54, 1.807) is 13.0 Å². The average Bonchev–Trinajstić information content (AvgIpc) is 3.12. The van der Waals surface area contributed by atoms with Crippen LogP contribution in [0.4, 0.5) is 13.2 Å². The number of alkyl halides is 3. The van der Waals surface area contributed by atoms with E-state index in [1.807, 2.05) is 0 Å². The first kappa shape index (κ1) is 21.6. The molecule has 0 fully saturated rings. The number of hydrogen-bond acceptors (Lipinski definition) is 8. The van der Waals surface area contributed by atoms with Gasteiger partial charge in [-0.25, -0.2) is 4.98 Å². The van der Waals surface area contributed by atoms with Crippen molar-refractivity contribution in [3.8, 4) is 34.6 Å². The van der Waals surface area contributed by atoms with E-state index in [0.717, 1.165) is 12.1 Å². The van der Waals surface area contributed by atoms with Gasteiger partial charge in [0.25, 0.3) is 0 Å². The minimum absolute atomic E-state index is 0.00757. The van der Waals surface area contributed by atoms with Crippen molar-refractivity contribution in [3.05, 3.63) is 46.9 Å². The van der Waals surface area contributed by atoms with Gasteiger partial charge in [-0.05, 0) is 42.8 Å². The summed E-state index contributed by atoms with van der Waals surface area (Å²) >= 11 is 5.96. The van der Waals surface area contributed by atoms with Crippen molar-refractivity contribution >= 4 is 17.2 Å². The molecule has 32 heavy (non-hydrogen) atoms. The van der Waals surface area contributed by atoms with Gasteiger partial charge in [0.2, 0.25) is 17.0 Å². The zero-order chi connectivity index (χ0) is 23.0. The maximum Gasteiger partial charge on any atom is 0.416 e. The summed E-state index contributed by atoms with van der Waals surface area (Å²) in [5.74, 6) is -0.0531. The molecular weight excluding hydrogens is 453 g/mol. The minimum Gasteiger partial charge on any atom is -0.480 e. The highest BCUT2D eigenvalue weighted by atomic mass is 35.5. The van der Waals surface area contributed by atoms with Gasteiger partial charge < -0.3 is 14.2 Å². The fourth-order valence-corrected chi connectivity index (χ4v) is 3.04. The second-order valence-electron chi connectivity index (χ2n) is 6.46. The first-order valence-electron chi connectivity index (χ1n) is 8.94. The van der Waals surface area contributed by atoms with E-state index in [9.17, 15) is 13.2 Å². The molecule has 3 aromatic heterocycles. The molecule has 4 aromatic rings. The highest BCUT2D eigenvalue weighted by Gasteiger charge is 2.32. The van der Waals surface area contributed by atoms with E-state index in [2.05, 4.69) is 25.3 Å². The van der Waals surface area contributed by atoms with Crippen molar-refractivity contribution in [1.82, 2.24) is 29.8 Å². The maximum atomic E-state index is 13.4. The smallest absolute Gasteiger partial charge is 0.416 e. The predicted octanol–water partition coefficient (Wildman–Crippen LogP) is 4.37. The topological polar surface area (TPSA) is 96.6 Å². The first-order valence-corrected chi connectivity index (χ1v) is 9.32. The molecule has 0 spiro atoms. The number of nitrogens with zero attached hydrogens (tertiary/aromatic N) is 6. The van der Waals surface area contributed by atoms with E-state index >= 15 is 0 Å². The molecule has 0 aliphatic heterocycles. The molecule has 9 nitrogen and oxygen atoms in total. The first-order chi connectivity index (χ1) is 15.2. The molecule has 0 atom stereocenters. The molecule has 0 amide bonds. The molecule has 166 valence electrons. The Morgan fingerprint density at radius 2 is 1.78 bits per heavy atom. The molecule has 0 aliphatic rings. The van der Waals surface area contributed by atoms with Gasteiger partial charge in [-0.2, -0.15) is 22.7 Å². The van der Waals surface area contributed by atoms with Crippen LogP contribution in [-0.2, 0) is 6.18 Å². The van der Waals surface area contributed by atoms with E-state index in [-0.39, 0.29) is 39.9 Å². The van der Waals surface area contributed by atoms with Gasteiger partial charge >= 0.3 is 12.2 Å². The number of hydrogen-bond donors (Lipinski definition) is 0. The number of fused-ring (bicyclic) bond motifs is 1. The Morgan fingerprint density at radius 1 is 1.00 bits per heavy atom. The van der Waals surface area contributed by atoms with Gasteiger partial charge in [0.1, 0.15) is 5.75 Å². The van der Waals surface area contributed by atoms with Crippen LogP contribution in [0.3, 0.4) is 0 Å². The van der Waals surface area contributed by atoms with Gasteiger partial charge in [-0.3, -0.25) is 0 Å². The van der Waals surface area contributed by atoms with Gasteiger partial charge in [0.15, 0.2) is 5.65 Å². The van der Waals surface area contributed by atoms with Crippen molar-refractivity contribution in [2.45, 2.75) is 13.1 Å². The normalized spacial score (nSPS) is 11.6. The molecule has 0 bridgehead atoms. The van der Waals surface area contributed by atoms with Crippen LogP contribution in [0.25, 0.3) is 16.8 Å². The third-order valence-electron chi connectivity index (χ3n) is 4.41. The van der Waals surface area contributed by atoms with Crippen LogP contribution in [-0.4, -0.2) is 44.0 Å². The van der Waals surface area contributed by atoms with Crippen LogP contribution < -0.4 is 14.2 Å². The Bertz CT molecular complexity index is 1310. The maximum absolute atomic E-state index is 13.4. The molecule has 1 aromatic carbocycles. The predicted molar refractivity (Wildman–Crippen MR) is 106 cm³/mol. The Balaban J connectivity index is 1.88. The highest BCUT2D eigenvalue weighted by Crippen LogP contribution is 2.41. The fraction of sp³-hybridized carbons (Fsp3) is 0.211. The zero-order valence-corrected chi connectivity index (χ0v) is 17.6. The fourth-order valence-electron chi connectivity index (χ4n) is 2.88. The largest absolute Gasteiger partial charge is 0.480 e. The third-order valence-corrected chi connectivity index (χ3v) is 4.65. The highest BCUT2D eigenvalue weighted by molar-refractivity contribution is 6.28. The zero-order valence-electron chi connectivity index (χ0n) is 16.8. The Morgan fingerprint density at radius 3 is 2.47 bits per heavy atom.